The van der Waals surface area contributed by atoms with Crippen LogP contribution >= 0.6 is 11.3 Å². The molecule has 0 unspecified atom stereocenters. The van der Waals surface area contributed by atoms with Crippen molar-refractivity contribution in [3.63, 3.8) is 0 Å². The number of amides is 1. The van der Waals surface area contributed by atoms with Crippen molar-refractivity contribution in [2.24, 2.45) is 5.73 Å². The maximum Gasteiger partial charge on any atom is 0.265 e. The summed E-state index contributed by atoms with van der Waals surface area (Å²) >= 11 is 1.36. The molecule has 0 saturated carbocycles. The number of carbonyl (C=O) groups is 1. The zero-order valence-electron chi connectivity index (χ0n) is 8.53. The van der Waals surface area contributed by atoms with Crippen LogP contribution in [0.25, 0.3) is 0 Å². The number of thiophene rings is 1. The van der Waals surface area contributed by atoms with Crippen LogP contribution in [-0.2, 0) is 0 Å². The topological polar surface area (TPSA) is 64.3 Å². The SMILES string of the molecule is COc1ccsc1C(=O)NC/C=C/CN. The zero-order chi connectivity index (χ0) is 11.1. The number of hydrogen-bond acceptors (Lipinski definition) is 4. The average molecular weight is 226 g/mol. The molecule has 1 aromatic heterocycles. The van der Waals surface area contributed by atoms with Crippen molar-refractivity contribution in [1.29, 1.82) is 0 Å². The molecule has 0 radical (unpaired) electrons. The maximum absolute atomic E-state index is 11.6. The van der Waals surface area contributed by atoms with Gasteiger partial charge >= 0.3 is 0 Å². The normalized spacial score (nSPS) is 10.5. The molecule has 15 heavy (non-hydrogen) atoms. The van der Waals surface area contributed by atoms with E-state index in [0.717, 1.165) is 0 Å². The Morgan fingerprint density at radius 3 is 3.13 bits per heavy atom. The highest BCUT2D eigenvalue weighted by atomic mass is 32.1. The zero-order valence-corrected chi connectivity index (χ0v) is 9.34. The molecule has 4 nitrogen and oxygen atoms in total. The van der Waals surface area contributed by atoms with Gasteiger partial charge in [0.15, 0.2) is 0 Å². The number of rotatable bonds is 5. The van der Waals surface area contributed by atoms with Crippen LogP contribution in [0.3, 0.4) is 0 Å². The lowest BCUT2D eigenvalue weighted by atomic mass is 10.4. The number of carbonyl (C=O) groups excluding carboxylic acids is 1. The summed E-state index contributed by atoms with van der Waals surface area (Å²) in [5.74, 6) is 0.490. The van der Waals surface area contributed by atoms with Gasteiger partial charge in [-0.25, -0.2) is 0 Å². The molecule has 1 rings (SSSR count). The fraction of sp³-hybridized carbons (Fsp3) is 0.300. The lowest BCUT2D eigenvalue weighted by Crippen LogP contribution is -2.22. The number of nitrogens with two attached hydrogens (primary N) is 1. The molecule has 0 fully saturated rings. The Morgan fingerprint density at radius 2 is 2.47 bits per heavy atom. The molecule has 1 heterocycles. The lowest BCUT2D eigenvalue weighted by Gasteiger charge is -2.02. The van der Waals surface area contributed by atoms with Gasteiger partial charge in [0, 0.05) is 13.1 Å². The van der Waals surface area contributed by atoms with Crippen molar-refractivity contribution >= 4 is 17.2 Å². The van der Waals surface area contributed by atoms with Crippen molar-refractivity contribution in [2.75, 3.05) is 20.2 Å². The van der Waals surface area contributed by atoms with Crippen LogP contribution in [-0.4, -0.2) is 26.1 Å². The summed E-state index contributed by atoms with van der Waals surface area (Å²) in [5.41, 5.74) is 5.27. The monoisotopic (exact) mass is 226 g/mol. The Labute approximate surface area is 92.7 Å². The first-order valence-corrected chi connectivity index (χ1v) is 5.42. The van der Waals surface area contributed by atoms with E-state index in [1.807, 2.05) is 11.5 Å². The van der Waals surface area contributed by atoms with E-state index in [1.165, 1.54) is 11.3 Å². The summed E-state index contributed by atoms with van der Waals surface area (Å²) in [6.07, 6.45) is 3.61. The summed E-state index contributed by atoms with van der Waals surface area (Å²) < 4.78 is 5.05. The molecule has 0 bridgehead atoms. The Kier molecular flexibility index (Phi) is 4.86. The highest BCUT2D eigenvalue weighted by Gasteiger charge is 2.12. The molecular weight excluding hydrogens is 212 g/mol. The van der Waals surface area contributed by atoms with E-state index in [-0.39, 0.29) is 5.91 Å². The minimum Gasteiger partial charge on any atom is -0.495 e. The van der Waals surface area contributed by atoms with E-state index in [2.05, 4.69) is 5.32 Å². The molecule has 5 heteroatoms. The van der Waals surface area contributed by atoms with E-state index in [9.17, 15) is 4.79 Å². The molecule has 3 N–H and O–H groups in total. The molecule has 0 aromatic carbocycles. The predicted molar refractivity (Wildman–Crippen MR) is 61.4 cm³/mol. The van der Waals surface area contributed by atoms with Gasteiger partial charge in [-0.2, -0.15) is 0 Å². The molecule has 0 aliphatic rings. The second-order valence-electron chi connectivity index (χ2n) is 2.74. The lowest BCUT2D eigenvalue weighted by molar-refractivity contribution is 0.0959. The number of hydrogen-bond donors (Lipinski definition) is 2. The fourth-order valence-corrected chi connectivity index (χ4v) is 1.81. The molecular formula is C10H14N2O2S. The van der Waals surface area contributed by atoms with Crippen molar-refractivity contribution in [1.82, 2.24) is 5.32 Å². The second kappa shape index (κ2) is 6.21. The largest absolute Gasteiger partial charge is 0.495 e. The first-order chi connectivity index (χ1) is 7.29. The number of methoxy groups -OCH3 is 1. The van der Waals surface area contributed by atoms with Crippen LogP contribution < -0.4 is 15.8 Å². The molecule has 0 atom stereocenters. The molecule has 0 aliphatic heterocycles. The maximum atomic E-state index is 11.6. The first kappa shape index (κ1) is 11.7. The standard InChI is InChI=1S/C10H14N2O2S/c1-14-8-4-7-15-9(8)10(13)12-6-3-2-5-11/h2-4,7H,5-6,11H2,1H3,(H,12,13)/b3-2+. The van der Waals surface area contributed by atoms with E-state index in [4.69, 9.17) is 10.5 Å². The Morgan fingerprint density at radius 1 is 1.67 bits per heavy atom. The summed E-state index contributed by atoms with van der Waals surface area (Å²) in [5, 5.41) is 4.57. The smallest absolute Gasteiger partial charge is 0.265 e. The van der Waals surface area contributed by atoms with E-state index >= 15 is 0 Å². The first-order valence-electron chi connectivity index (χ1n) is 4.54. The Bertz CT molecular complexity index is 347. The summed E-state index contributed by atoms with van der Waals surface area (Å²) in [4.78, 5) is 12.2. The van der Waals surface area contributed by atoms with E-state index in [1.54, 1.807) is 19.3 Å². The van der Waals surface area contributed by atoms with Crippen LogP contribution in [0.1, 0.15) is 9.67 Å². The minimum absolute atomic E-state index is 0.122. The van der Waals surface area contributed by atoms with E-state index in [0.29, 0.717) is 23.7 Å². The highest BCUT2D eigenvalue weighted by molar-refractivity contribution is 7.12. The van der Waals surface area contributed by atoms with Gasteiger partial charge in [0.2, 0.25) is 0 Å². The molecule has 1 amide bonds. The molecule has 0 aliphatic carbocycles. The number of nitrogens with one attached hydrogen (secondary N) is 1. The van der Waals surface area contributed by atoms with Gasteiger partial charge in [-0.15, -0.1) is 11.3 Å². The summed E-state index contributed by atoms with van der Waals surface area (Å²) in [6.45, 7) is 0.968. The Hall–Kier alpha value is -1.33. The van der Waals surface area contributed by atoms with Crippen molar-refractivity contribution in [2.45, 2.75) is 0 Å². The minimum atomic E-state index is -0.122. The third kappa shape index (κ3) is 3.38. The third-order valence-electron chi connectivity index (χ3n) is 1.74. The highest BCUT2D eigenvalue weighted by Crippen LogP contribution is 2.23. The van der Waals surface area contributed by atoms with Gasteiger partial charge in [0.05, 0.1) is 7.11 Å². The van der Waals surface area contributed by atoms with Crippen molar-refractivity contribution in [3.8, 4) is 5.75 Å². The molecule has 0 saturated heterocycles. The fourth-order valence-electron chi connectivity index (χ4n) is 1.04. The molecule has 1 aromatic rings. The predicted octanol–water partition coefficient (Wildman–Crippen LogP) is 1.00. The summed E-state index contributed by atoms with van der Waals surface area (Å²) in [6, 6.07) is 1.77. The van der Waals surface area contributed by atoms with E-state index < -0.39 is 0 Å². The molecule has 0 spiro atoms. The quantitative estimate of drug-likeness (QED) is 0.736. The molecule has 82 valence electrons. The average Bonchev–Trinajstić information content (AvgIpc) is 2.72. The number of ether oxygens (including phenoxy) is 1. The van der Waals surface area contributed by atoms with Crippen LogP contribution in [0.4, 0.5) is 0 Å². The van der Waals surface area contributed by atoms with Gasteiger partial charge in [-0.1, -0.05) is 12.2 Å². The third-order valence-corrected chi connectivity index (χ3v) is 2.63. The van der Waals surface area contributed by atoms with Gasteiger partial charge < -0.3 is 15.8 Å². The van der Waals surface area contributed by atoms with Crippen molar-refractivity contribution < 1.29 is 9.53 Å². The van der Waals surface area contributed by atoms with Crippen LogP contribution in [0, 0.1) is 0 Å². The summed E-state index contributed by atoms with van der Waals surface area (Å²) in [7, 11) is 1.55. The van der Waals surface area contributed by atoms with Gasteiger partial charge in [0.25, 0.3) is 5.91 Å². The Balaban J connectivity index is 2.50. The second-order valence-corrected chi connectivity index (χ2v) is 3.65. The van der Waals surface area contributed by atoms with Gasteiger partial charge in [0.1, 0.15) is 10.6 Å². The van der Waals surface area contributed by atoms with Crippen LogP contribution in [0.15, 0.2) is 23.6 Å². The van der Waals surface area contributed by atoms with Crippen LogP contribution in [0.5, 0.6) is 5.75 Å². The van der Waals surface area contributed by atoms with Crippen molar-refractivity contribution in [3.05, 3.63) is 28.5 Å². The van der Waals surface area contributed by atoms with Gasteiger partial charge in [-0.3, -0.25) is 4.79 Å². The van der Waals surface area contributed by atoms with Crippen LogP contribution in [0.2, 0.25) is 0 Å². The van der Waals surface area contributed by atoms with Gasteiger partial charge in [-0.05, 0) is 11.4 Å².